The third kappa shape index (κ3) is 4.96. The molecule has 90 valence electrons. The maximum absolute atomic E-state index is 5.48. The van der Waals surface area contributed by atoms with E-state index in [1.807, 2.05) is 6.92 Å². The Balaban J connectivity index is 2.12. The third-order valence-electron chi connectivity index (χ3n) is 3.13. The summed E-state index contributed by atoms with van der Waals surface area (Å²) in [5.74, 6) is 0. The number of hydrogen-bond donors (Lipinski definition) is 1. The van der Waals surface area contributed by atoms with Gasteiger partial charge in [-0.3, -0.25) is 0 Å². The van der Waals surface area contributed by atoms with Gasteiger partial charge in [0.2, 0.25) is 0 Å². The third-order valence-corrected chi connectivity index (χ3v) is 3.13. The van der Waals surface area contributed by atoms with Crippen molar-refractivity contribution in [1.29, 1.82) is 0 Å². The van der Waals surface area contributed by atoms with E-state index in [1.54, 1.807) is 0 Å². The Bertz CT molecular complexity index is 167. The Morgan fingerprint density at radius 1 is 1.40 bits per heavy atom. The largest absolute Gasteiger partial charge is 0.381 e. The van der Waals surface area contributed by atoms with Gasteiger partial charge in [-0.1, -0.05) is 6.92 Å². The number of hydrogen-bond acceptors (Lipinski definition) is 3. The molecule has 0 radical (unpaired) electrons. The van der Waals surface area contributed by atoms with Crippen LogP contribution in [0.4, 0.5) is 0 Å². The van der Waals surface area contributed by atoms with Gasteiger partial charge < -0.3 is 14.8 Å². The minimum atomic E-state index is 0.318. The first kappa shape index (κ1) is 12.9. The molecule has 1 N–H and O–H groups in total. The van der Waals surface area contributed by atoms with Gasteiger partial charge in [-0.2, -0.15) is 0 Å². The molecule has 0 amide bonds. The van der Waals surface area contributed by atoms with Gasteiger partial charge in [0.25, 0.3) is 0 Å². The summed E-state index contributed by atoms with van der Waals surface area (Å²) >= 11 is 0. The molecule has 1 atom stereocenters. The number of rotatable bonds is 6. The van der Waals surface area contributed by atoms with Crippen LogP contribution in [0.1, 0.15) is 33.6 Å². The number of ether oxygens (including phenoxy) is 2. The molecule has 3 nitrogen and oxygen atoms in total. The summed E-state index contributed by atoms with van der Waals surface area (Å²) in [6.07, 6.45) is 2.66. The fraction of sp³-hybridized carbons (Fsp3) is 1.00. The molecular formula is C12H25NO2. The van der Waals surface area contributed by atoms with Crippen LogP contribution in [-0.4, -0.2) is 39.0 Å². The van der Waals surface area contributed by atoms with Crippen LogP contribution in [0, 0.1) is 5.41 Å². The van der Waals surface area contributed by atoms with Gasteiger partial charge in [-0.15, -0.1) is 0 Å². The molecule has 15 heavy (non-hydrogen) atoms. The SMILES string of the molecule is CCOC(C)CNCC1(C)CCOCC1. The lowest BCUT2D eigenvalue weighted by Gasteiger charge is -2.34. The van der Waals surface area contributed by atoms with Crippen LogP contribution < -0.4 is 5.32 Å². The molecule has 1 saturated heterocycles. The summed E-state index contributed by atoms with van der Waals surface area (Å²) in [5.41, 5.74) is 0.421. The Morgan fingerprint density at radius 2 is 2.07 bits per heavy atom. The standard InChI is InChI=1S/C12H25NO2/c1-4-15-11(2)9-13-10-12(3)5-7-14-8-6-12/h11,13H,4-10H2,1-3H3. The zero-order valence-corrected chi connectivity index (χ0v) is 10.3. The first-order chi connectivity index (χ1) is 7.16. The molecule has 0 saturated carbocycles. The van der Waals surface area contributed by atoms with Crippen LogP contribution in [0.5, 0.6) is 0 Å². The summed E-state index contributed by atoms with van der Waals surface area (Å²) in [6.45, 7) is 11.2. The van der Waals surface area contributed by atoms with Gasteiger partial charge in [-0.05, 0) is 32.1 Å². The Hall–Kier alpha value is -0.120. The highest BCUT2D eigenvalue weighted by molar-refractivity contribution is 4.79. The fourth-order valence-electron chi connectivity index (χ4n) is 1.96. The minimum Gasteiger partial charge on any atom is -0.381 e. The minimum absolute atomic E-state index is 0.318. The van der Waals surface area contributed by atoms with Crippen molar-refractivity contribution in [2.75, 3.05) is 32.9 Å². The van der Waals surface area contributed by atoms with Crippen LogP contribution in [-0.2, 0) is 9.47 Å². The second-order valence-electron chi connectivity index (χ2n) is 4.82. The van der Waals surface area contributed by atoms with Crippen molar-refractivity contribution in [1.82, 2.24) is 5.32 Å². The molecule has 1 rings (SSSR count). The lowest BCUT2D eigenvalue weighted by atomic mass is 9.82. The summed E-state index contributed by atoms with van der Waals surface area (Å²) in [6, 6.07) is 0. The van der Waals surface area contributed by atoms with E-state index in [9.17, 15) is 0 Å². The normalized spacial score (nSPS) is 22.6. The Morgan fingerprint density at radius 3 is 2.67 bits per heavy atom. The average Bonchev–Trinajstić information content (AvgIpc) is 2.19. The van der Waals surface area contributed by atoms with E-state index in [4.69, 9.17) is 9.47 Å². The Kier molecular flexibility index (Phi) is 5.58. The van der Waals surface area contributed by atoms with Gasteiger partial charge in [0.1, 0.15) is 0 Å². The number of nitrogens with one attached hydrogen (secondary N) is 1. The second kappa shape index (κ2) is 6.46. The lowest BCUT2D eigenvalue weighted by molar-refractivity contribution is 0.0206. The molecule has 0 aromatic rings. The molecule has 1 fully saturated rings. The van der Waals surface area contributed by atoms with Crippen molar-refractivity contribution in [2.45, 2.75) is 39.7 Å². The highest BCUT2D eigenvalue weighted by Gasteiger charge is 2.26. The lowest BCUT2D eigenvalue weighted by Crippen LogP contribution is -2.39. The van der Waals surface area contributed by atoms with Crippen molar-refractivity contribution in [3.05, 3.63) is 0 Å². The zero-order valence-electron chi connectivity index (χ0n) is 10.3. The maximum atomic E-state index is 5.48. The van der Waals surface area contributed by atoms with Gasteiger partial charge in [0.15, 0.2) is 0 Å². The zero-order chi connectivity index (χ0) is 11.1. The van der Waals surface area contributed by atoms with Crippen LogP contribution in [0.3, 0.4) is 0 Å². The first-order valence-corrected chi connectivity index (χ1v) is 6.06. The van der Waals surface area contributed by atoms with Crippen molar-refractivity contribution < 1.29 is 9.47 Å². The maximum Gasteiger partial charge on any atom is 0.0671 e. The van der Waals surface area contributed by atoms with E-state index in [2.05, 4.69) is 19.2 Å². The smallest absolute Gasteiger partial charge is 0.0671 e. The molecule has 0 aromatic heterocycles. The molecule has 1 aliphatic heterocycles. The summed E-state index contributed by atoms with van der Waals surface area (Å²) in [7, 11) is 0. The van der Waals surface area contributed by atoms with Crippen molar-refractivity contribution in [3.8, 4) is 0 Å². The van der Waals surface area contributed by atoms with Crippen LogP contribution >= 0.6 is 0 Å². The second-order valence-corrected chi connectivity index (χ2v) is 4.82. The molecule has 0 bridgehead atoms. The predicted octanol–water partition coefficient (Wildman–Crippen LogP) is 1.82. The van der Waals surface area contributed by atoms with E-state index in [1.165, 1.54) is 12.8 Å². The molecule has 0 spiro atoms. The van der Waals surface area contributed by atoms with Crippen LogP contribution in [0.25, 0.3) is 0 Å². The topological polar surface area (TPSA) is 30.5 Å². The van der Waals surface area contributed by atoms with E-state index in [-0.39, 0.29) is 0 Å². The van der Waals surface area contributed by atoms with Crippen molar-refractivity contribution in [2.24, 2.45) is 5.41 Å². The highest BCUT2D eigenvalue weighted by atomic mass is 16.5. The van der Waals surface area contributed by atoms with Crippen molar-refractivity contribution in [3.63, 3.8) is 0 Å². The summed E-state index contributed by atoms with van der Waals surface area (Å²) in [4.78, 5) is 0. The Labute approximate surface area is 93.5 Å². The first-order valence-electron chi connectivity index (χ1n) is 6.06. The quantitative estimate of drug-likeness (QED) is 0.733. The van der Waals surface area contributed by atoms with E-state index < -0.39 is 0 Å². The fourth-order valence-corrected chi connectivity index (χ4v) is 1.96. The molecule has 1 unspecified atom stereocenters. The van der Waals surface area contributed by atoms with Crippen LogP contribution in [0.15, 0.2) is 0 Å². The highest BCUT2D eigenvalue weighted by Crippen LogP contribution is 2.28. The molecule has 0 aliphatic carbocycles. The van der Waals surface area contributed by atoms with E-state index in [0.29, 0.717) is 11.5 Å². The predicted molar refractivity (Wildman–Crippen MR) is 62.1 cm³/mol. The van der Waals surface area contributed by atoms with Crippen molar-refractivity contribution >= 4 is 0 Å². The average molecular weight is 215 g/mol. The molecule has 3 heteroatoms. The van der Waals surface area contributed by atoms with Gasteiger partial charge in [0.05, 0.1) is 6.10 Å². The summed E-state index contributed by atoms with van der Waals surface area (Å²) < 4.78 is 10.9. The molecular weight excluding hydrogens is 190 g/mol. The van der Waals surface area contributed by atoms with Crippen LogP contribution in [0.2, 0.25) is 0 Å². The van der Waals surface area contributed by atoms with Gasteiger partial charge in [-0.25, -0.2) is 0 Å². The van der Waals surface area contributed by atoms with Gasteiger partial charge in [0, 0.05) is 32.9 Å². The summed E-state index contributed by atoms with van der Waals surface area (Å²) in [5, 5.41) is 3.50. The monoisotopic (exact) mass is 215 g/mol. The molecule has 1 heterocycles. The molecule has 1 aliphatic rings. The van der Waals surface area contributed by atoms with Gasteiger partial charge >= 0.3 is 0 Å². The molecule has 0 aromatic carbocycles. The van der Waals surface area contributed by atoms with E-state index >= 15 is 0 Å². The van der Waals surface area contributed by atoms with E-state index in [0.717, 1.165) is 32.9 Å².